The van der Waals surface area contributed by atoms with Gasteiger partial charge in [-0.2, -0.15) is 0 Å². The SMILES string of the molecule is CCNCc1ccc(S(=O)(=O)NCC2(C)CCC2)o1. The van der Waals surface area contributed by atoms with Gasteiger partial charge in [0.15, 0.2) is 0 Å². The van der Waals surface area contributed by atoms with Gasteiger partial charge in [-0.25, -0.2) is 13.1 Å². The normalized spacial score (nSPS) is 18.2. The fourth-order valence-electron chi connectivity index (χ4n) is 2.14. The summed E-state index contributed by atoms with van der Waals surface area (Å²) in [6, 6.07) is 3.21. The van der Waals surface area contributed by atoms with E-state index in [2.05, 4.69) is 17.0 Å². The molecule has 1 saturated carbocycles. The number of nitrogens with one attached hydrogen (secondary N) is 2. The Labute approximate surface area is 114 Å². The smallest absolute Gasteiger partial charge is 0.273 e. The highest BCUT2D eigenvalue weighted by molar-refractivity contribution is 7.89. The van der Waals surface area contributed by atoms with Gasteiger partial charge < -0.3 is 9.73 Å². The van der Waals surface area contributed by atoms with Gasteiger partial charge in [-0.15, -0.1) is 0 Å². The molecule has 1 aromatic heterocycles. The van der Waals surface area contributed by atoms with E-state index in [-0.39, 0.29) is 10.5 Å². The van der Waals surface area contributed by atoms with Crippen molar-refractivity contribution >= 4 is 10.0 Å². The summed E-state index contributed by atoms with van der Waals surface area (Å²) in [5.74, 6) is 0.636. The minimum atomic E-state index is -3.52. The predicted molar refractivity (Wildman–Crippen MR) is 73.2 cm³/mol. The van der Waals surface area contributed by atoms with Crippen LogP contribution in [0.2, 0.25) is 0 Å². The topological polar surface area (TPSA) is 71.3 Å². The Kier molecular flexibility index (Phi) is 4.32. The largest absolute Gasteiger partial charge is 0.447 e. The Morgan fingerprint density at radius 2 is 2.11 bits per heavy atom. The Morgan fingerprint density at radius 1 is 1.37 bits per heavy atom. The van der Waals surface area contributed by atoms with E-state index in [1.54, 1.807) is 6.07 Å². The van der Waals surface area contributed by atoms with Gasteiger partial charge in [-0.1, -0.05) is 20.3 Å². The molecule has 2 N–H and O–H groups in total. The van der Waals surface area contributed by atoms with Gasteiger partial charge in [0, 0.05) is 6.54 Å². The Morgan fingerprint density at radius 3 is 2.68 bits per heavy atom. The van der Waals surface area contributed by atoms with Gasteiger partial charge in [0.05, 0.1) is 6.54 Å². The molecule has 1 aliphatic carbocycles. The van der Waals surface area contributed by atoms with E-state index in [9.17, 15) is 8.42 Å². The van der Waals surface area contributed by atoms with Gasteiger partial charge in [0.2, 0.25) is 5.09 Å². The summed E-state index contributed by atoms with van der Waals surface area (Å²) in [6.45, 7) is 5.95. The minimum absolute atomic E-state index is 0.00308. The molecule has 1 fully saturated rings. The van der Waals surface area contributed by atoms with Crippen LogP contribution in [0, 0.1) is 5.41 Å². The van der Waals surface area contributed by atoms with Crippen molar-refractivity contribution in [2.24, 2.45) is 5.41 Å². The molecule has 2 rings (SSSR count). The summed E-state index contributed by atoms with van der Waals surface area (Å²) in [7, 11) is -3.52. The van der Waals surface area contributed by atoms with Crippen molar-refractivity contribution in [3.8, 4) is 0 Å². The second kappa shape index (κ2) is 5.64. The van der Waals surface area contributed by atoms with Crippen molar-refractivity contribution in [1.82, 2.24) is 10.0 Å². The first-order valence-corrected chi connectivity index (χ1v) is 8.23. The average molecular weight is 286 g/mol. The predicted octanol–water partition coefficient (Wildman–Crippen LogP) is 1.86. The minimum Gasteiger partial charge on any atom is -0.447 e. The molecule has 0 atom stereocenters. The van der Waals surface area contributed by atoms with Crippen molar-refractivity contribution < 1.29 is 12.8 Å². The molecule has 1 heterocycles. The molecule has 19 heavy (non-hydrogen) atoms. The fourth-order valence-corrected chi connectivity index (χ4v) is 3.29. The maximum atomic E-state index is 12.1. The van der Waals surface area contributed by atoms with E-state index in [1.165, 1.54) is 12.5 Å². The summed E-state index contributed by atoms with van der Waals surface area (Å²) in [4.78, 5) is 0. The fraction of sp³-hybridized carbons (Fsp3) is 0.692. The number of sulfonamides is 1. The Balaban J connectivity index is 1.96. The zero-order valence-electron chi connectivity index (χ0n) is 11.5. The standard InChI is InChI=1S/C13H22N2O3S/c1-3-14-9-11-5-6-12(18-11)19(16,17)15-10-13(2)7-4-8-13/h5-6,14-15H,3-4,7-10H2,1-2H3. The summed E-state index contributed by atoms with van der Waals surface area (Å²) in [5, 5.41) is 3.10. The van der Waals surface area contributed by atoms with Crippen LogP contribution in [-0.2, 0) is 16.6 Å². The third-order valence-electron chi connectivity index (χ3n) is 3.70. The van der Waals surface area contributed by atoms with Crippen LogP contribution in [0.15, 0.2) is 21.6 Å². The van der Waals surface area contributed by atoms with E-state index < -0.39 is 10.0 Å². The van der Waals surface area contributed by atoms with Crippen LogP contribution in [0.25, 0.3) is 0 Å². The van der Waals surface area contributed by atoms with E-state index in [1.807, 2.05) is 6.92 Å². The maximum Gasteiger partial charge on any atom is 0.273 e. The summed E-state index contributed by atoms with van der Waals surface area (Å²) in [5.41, 5.74) is 0.117. The molecule has 0 amide bonds. The molecule has 1 aromatic rings. The van der Waals surface area contributed by atoms with Crippen LogP contribution in [0.3, 0.4) is 0 Å². The van der Waals surface area contributed by atoms with Gasteiger partial charge in [-0.05, 0) is 36.9 Å². The average Bonchev–Trinajstić information content (AvgIpc) is 2.81. The zero-order valence-corrected chi connectivity index (χ0v) is 12.3. The van der Waals surface area contributed by atoms with E-state index >= 15 is 0 Å². The maximum absolute atomic E-state index is 12.1. The highest BCUT2D eigenvalue weighted by atomic mass is 32.2. The lowest BCUT2D eigenvalue weighted by Gasteiger charge is -2.38. The van der Waals surface area contributed by atoms with Crippen molar-refractivity contribution in [3.05, 3.63) is 17.9 Å². The van der Waals surface area contributed by atoms with Crippen molar-refractivity contribution in [2.75, 3.05) is 13.1 Å². The number of rotatable bonds is 7. The number of furan rings is 1. The van der Waals surface area contributed by atoms with Gasteiger partial charge >= 0.3 is 0 Å². The lowest BCUT2D eigenvalue weighted by atomic mass is 9.71. The van der Waals surface area contributed by atoms with Crippen molar-refractivity contribution in [3.63, 3.8) is 0 Å². The molecule has 0 spiro atoms. The molecular formula is C13H22N2O3S. The molecule has 0 unspecified atom stereocenters. The van der Waals surface area contributed by atoms with Crippen LogP contribution in [0.4, 0.5) is 0 Å². The molecule has 1 aliphatic rings. The molecule has 6 heteroatoms. The quantitative estimate of drug-likeness (QED) is 0.802. The molecule has 0 aromatic carbocycles. The molecule has 0 aliphatic heterocycles. The third kappa shape index (κ3) is 3.58. The highest BCUT2D eigenvalue weighted by Crippen LogP contribution is 2.39. The third-order valence-corrected chi connectivity index (χ3v) is 4.97. The van der Waals surface area contributed by atoms with Gasteiger partial charge in [-0.3, -0.25) is 0 Å². The lowest BCUT2D eigenvalue weighted by Crippen LogP contribution is -2.39. The van der Waals surface area contributed by atoms with E-state index in [0.717, 1.165) is 19.4 Å². The van der Waals surface area contributed by atoms with Crippen LogP contribution < -0.4 is 10.0 Å². The van der Waals surface area contributed by atoms with Crippen molar-refractivity contribution in [1.29, 1.82) is 0 Å². The lowest BCUT2D eigenvalue weighted by molar-refractivity contribution is 0.166. The van der Waals surface area contributed by atoms with Crippen LogP contribution in [-0.4, -0.2) is 21.5 Å². The number of hydrogen-bond acceptors (Lipinski definition) is 4. The van der Waals surface area contributed by atoms with Gasteiger partial charge in [0.25, 0.3) is 10.0 Å². The molecule has 0 bridgehead atoms. The first kappa shape index (κ1) is 14.6. The first-order chi connectivity index (χ1) is 8.95. The zero-order chi connectivity index (χ0) is 13.9. The molecular weight excluding hydrogens is 264 g/mol. The monoisotopic (exact) mass is 286 g/mol. The van der Waals surface area contributed by atoms with E-state index in [4.69, 9.17) is 4.42 Å². The summed E-state index contributed by atoms with van der Waals surface area (Å²) >= 11 is 0. The van der Waals surface area contributed by atoms with Crippen molar-refractivity contribution in [2.45, 2.75) is 44.7 Å². The second-order valence-corrected chi connectivity index (χ2v) is 7.19. The van der Waals surface area contributed by atoms with Crippen LogP contribution in [0.1, 0.15) is 38.9 Å². The summed E-state index contributed by atoms with van der Waals surface area (Å²) in [6.07, 6.45) is 3.35. The highest BCUT2D eigenvalue weighted by Gasteiger charge is 2.33. The Bertz CT molecular complexity index is 518. The first-order valence-electron chi connectivity index (χ1n) is 6.74. The molecule has 5 nitrogen and oxygen atoms in total. The molecule has 0 radical (unpaired) electrons. The van der Waals surface area contributed by atoms with E-state index in [0.29, 0.717) is 18.8 Å². The molecule has 0 saturated heterocycles. The van der Waals surface area contributed by atoms with Gasteiger partial charge in [0.1, 0.15) is 5.76 Å². The van der Waals surface area contributed by atoms with Crippen LogP contribution in [0.5, 0.6) is 0 Å². The Hall–Kier alpha value is -0.850. The molecule has 108 valence electrons. The number of hydrogen-bond donors (Lipinski definition) is 2. The second-order valence-electron chi connectivity index (χ2n) is 5.49. The summed E-state index contributed by atoms with van der Waals surface area (Å²) < 4.78 is 32.2. The van der Waals surface area contributed by atoms with Crippen LogP contribution >= 0.6 is 0 Å².